The molecule has 0 saturated carbocycles. The zero-order chi connectivity index (χ0) is 12.6. The largest absolute Gasteiger partial charge is 2.00 e. The van der Waals surface area contributed by atoms with E-state index in [9.17, 15) is 9.59 Å². The third-order valence-corrected chi connectivity index (χ3v) is 3.50. The maximum absolute atomic E-state index is 10.9. The van der Waals surface area contributed by atoms with Crippen LogP contribution < -0.4 is 0 Å². The van der Waals surface area contributed by atoms with Gasteiger partial charge in [-0.3, -0.25) is 0 Å². The van der Waals surface area contributed by atoms with Crippen LogP contribution in [0.5, 0.6) is 0 Å². The Morgan fingerprint density at radius 3 is 1.12 bits per heavy atom. The van der Waals surface area contributed by atoms with E-state index < -0.39 is 33.1 Å². The summed E-state index contributed by atoms with van der Waals surface area (Å²) in [5, 5.41) is 16.1. The van der Waals surface area contributed by atoms with Gasteiger partial charge >= 0.3 is 29.0 Å². The van der Waals surface area contributed by atoms with Crippen LogP contribution >= 0.6 is 46.4 Å². The molecule has 0 unspecified atom stereocenters. The van der Waals surface area contributed by atoms with Gasteiger partial charge in [0.1, 0.15) is 0 Å². The van der Waals surface area contributed by atoms with Crippen molar-refractivity contribution in [1.29, 1.82) is 0 Å². The molecule has 0 bridgehead atoms. The van der Waals surface area contributed by atoms with Crippen LogP contribution in [0.15, 0.2) is 0 Å². The van der Waals surface area contributed by atoms with Gasteiger partial charge in [-0.25, -0.2) is 9.59 Å². The average Bonchev–Trinajstić information content (AvgIpc) is 2.18. The van der Waals surface area contributed by atoms with Crippen LogP contribution in [0.4, 0.5) is 0 Å². The van der Waals surface area contributed by atoms with E-state index in [4.69, 9.17) is 56.6 Å². The van der Waals surface area contributed by atoms with Crippen LogP contribution in [-0.2, 0) is 17.1 Å². The molecule has 1 rings (SSSR count). The molecule has 0 aromatic heterocycles. The second-order valence-electron chi connectivity index (χ2n) is 2.62. The summed E-state index contributed by atoms with van der Waals surface area (Å²) in [6.07, 6.45) is 0. The van der Waals surface area contributed by atoms with Crippen LogP contribution in [0.3, 0.4) is 0 Å². The Bertz CT molecular complexity index is 458. The smallest absolute Gasteiger partial charge is 0.478 e. The summed E-state index contributed by atoms with van der Waals surface area (Å²) >= 11 is 22.4. The van der Waals surface area contributed by atoms with Crippen molar-refractivity contribution in [3.63, 3.8) is 0 Å². The molecule has 0 aliphatic carbocycles. The predicted molar refractivity (Wildman–Crippen MR) is 60.4 cm³/mol. The van der Waals surface area contributed by atoms with E-state index in [1.54, 1.807) is 0 Å². The molecule has 4 nitrogen and oxygen atoms in total. The van der Waals surface area contributed by atoms with E-state index in [2.05, 4.69) is 0 Å². The summed E-state index contributed by atoms with van der Waals surface area (Å²) < 4.78 is 0. The van der Waals surface area contributed by atoms with Crippen molar-refractivity contribution in [1.82, 2.24) is 0 Å². The fourth-order valence-corrected chi connectivity index (χ4v) is 2.05. The van der Waals surface area contributed by atoms with E-state index in [-0.39, 0.29) is 27.1 Å². The molecule has 1 aromatic carbocycles. The van der Waals surface area contributed by atoms with Gasteiger partial charge in [0.25, 0.3) is 0 Å². The summed E-state index contributed by atoms with van der Waals surface area (Å²) in [5.74, 6) is -3.11. The molecule has 0 saturated heterocycles. The molecule has 0 aliphatic rings. The third-order valence-electron chi connectivity index (χ3n) is 1.69. The molecule has 1 radical (unpaired) electrons. The molecule has 2 N–H and O–H groups in total. The molecule has 95 valence electrons. The fourth-order valence-electron chi connectivity index (χ4n) is 1.03. The first-order valence-electron chi connectivity index (χ1n) is 3.61. The number of hydrogen-bond donors (Lipinski definition) is 2. The molecule has 17 heavy (non-hydrogen) atoms. The van der Waals surface area contributed by atoms with Crippen LogP contribution in [0.25, 0.3) is 0 Å². The normalized spacial score (nSPS) is 9.65. The van der Waals surface area contributed by atoms with Crippen LogP contribution in [-0.4, -0.2) is 22.2 Å². The summed E-state index contributed by atoms with van der Waals surface area (Å²) in [5.41, 5.74) is -1.37. The first-order chi connectivity index (χ1) is 7.29. The van der Waals surface area contributed by atoms with Gasteiger partial charge in [-0.2, -0.15) is 0 Å². The van der Waals surface area contributed by atoms with E-state index >= 15 is 0 Å². The monoisotopic (exact) mass is 365 g/mol. The maximum Gasteiger partial charge on any atom is 2.00 e. The van der Waals surface area contributed by atoms with Crippen molar-refractivity contribution in [2.45, 2.75) is 0 Å². The SMILES string of the molecule is O=C(O)c1c(Cl)c(Cl)c(Cl)c(Cl)c1C(=O)O.[Cu+2]. The number of halogens is 4. The number of benzene rings is 1. The Morgan fingerprint density at radius 2 is 0.941 bits per heavy atom. The predicted octanol–water partition coefficient (Wildman–Crippen LogP) is 3.69. The molecule has 9 heteroatoms. The number of aromatic carboxylic acids is 2. The number of carboxylic acids is 2. The van der Waals surface area contributed by atoms with Gasteiger partial charge < -0.3 is 10.2 Å². The summed E-state index contributed by atoms with van der Waals surface area (Å²) in [6, 6.07) is 0. The Kier molecular flexibility index (Phi) is 6.08. The van der Waals surface area contributed by atoms with Crippen LogP contribution in [0.2, 0.25) is 20.1 Å². The first kappa shape index (κ1) is 16.8. The zero-order valence-corrected chi connectivity index (χ0v) is 11.5. The van der Waals surface area contributed by atoms with Crippen molar-refractivity contribution >= 4 is 58.3 Å². The topological polar surface area (TPSA) is 74.6 Å². The van der Waals surface area contributed by atoms with Gasteiger partial charge in [0.2, 0.25) is 0 Å². The Morgan fingerprint density at radius 1 is 0.706 bits per heavy atom. The van der Waals surface area contributed by atoms with Gasteiger partial charge in [0.05, 0.1) is 31.2 Å². The van der Waals surface area contributed by atoms with Crippen molar-refractivity contribution in [2.75, 3.05) is 0 Å². The first-order valence-corrected chi connectivity index (χ1v) is 5.12. The molecule has 0 aliphatic heterocycles. The quantitative estimate of drug-likeness (QED) is 0.475. The molecule has 0 heterocycles. The molecule has 0 spiro atoms. The maximum atomic E-state index is 10.9. The van der Waals surface area contributed by atoms with Crippen molar-refractivity contribution in [3.8, 4) is 0 Å². The standard InChI is InChI=1S/C8H2Cl4O4.Cu/c9-3-1(7(13)14)2(8(15)16)4(10)6(12)5(3)11;/h(H,13,14)(H,15,16);/q;+2. The second kappa shape index (κ2) is 6.14. The van der Waals surface area contributed by atoms with Gasteiger partial charge in [-0.05, 0) is 0 Å². The van der Waals surface area contributed by atoms with Gasteiger partial charge in [-0.15, -0.1) is 0 Å². The summed E-state index contributed by atoms with van der Waals surface area (Å²) in [6.45, 7) is 0. The van der Waals surface area contributed by atoms with Crippen molar-refractivity contribution < 1.29 is 36.9 Å². The molecule has 0 atom stereocenters. The number of carboxylic acid groups (broad SMARTS) is 2. The fraction of sp³-hybridized carbons (Fsp3) is 0. The zero-order valence-electron chi connectivity index (χ0n) is 7.52. The van der Waals surface area contributed by atoms with E-state index in [1.807, 2.05) is 0 Å². The van der Waals surface area contributed by atoms with Gasteiger partial charge in [0, 0.05) is 0 Å². The average molecular weight is 367 g/mol. The van der Waals surface area contributed by atoms with Gasteiger partial charge in [0.15, 0.2) is 0 Å². The number of rotatable bonds is 2. The molecular formula is C8H2Cl4CuO4+2. The molecular weight excluding hydrogens is 365 g/mol. The Hall–Kier alpha value is -0.161. The molecule has 0 amide bonds. The van der Waals surface area contributed by atoms with E-state index in [0.29, 0.717) is 0 Å². The van der Waals surface area contributed by atoms with E-state index in [0.717, 1.165) is 0 Å². The van der Waals surface area contributed by atoms with Crippen molar-refractivity contribution in [3.05, 3.63) is 31.2 Å². The minimum Gasteiger partial charge on any atom is -0.478 e. The minimum atomic E-state index is -1.55. The van der Waals surface area contributed by atoms with Crippen molar-refractivity contribution in [2.24, 2.45) is 0 Å². The third kappa shape index (κ3) is 2.99. The summed E-state index contributed by atoms with van der Waals surface area (Å²) in [4.78, 5) is 21.7. The molecule has 1 aromatic rings. The van der Waals surface area contributed by atoms with Gasteiger partial charge in [-0.1, -0.05) is 46.4 Å². The minimum absolute atomic E-state index is 0. The molecule has 0 fully saturated rings. The number of carbonyl (C=O) groups is 2. The summed E-state index contributed by atoms with van der Waals surface area (Å²) in [7, 11) is 0. The second-order valence-corrected chi connectivity index (χ2v) is 4.13. The van der Waals surface area contributed by atoms with Crippen LogP contribution in [0, 0.1) is 0 Å². The van der Waals surface area contributed by atoms with Crippen LogP contribution in [0.1, 0.15) is 20.7 Å². The Balaban J connectivity index is 0.00000256. The van der Waals surface area contributed by atoms with E-state index in [1.165, 1.54) is 0 Å². The Labute approximate surface area is 126 Å². The number of hydrogen-bond acceptors (Lipinski definition) is 2.